The molecule has 1 aromatic rings. The second-order valence-corrected chi connectivity index (χ2v) is 7.30. The third-order valence-corrected chi connectivity index (χ3v) is 5.14. The monoisotopic (exact) mass is 457 g/mol. The average Bonchev–Trinajstić information content (AvgIpc) is 2.90. The van der Waals surface area contributed by atoms with E-state index in [1.807, 2.05) is 13.8 Å². The van der Waals surface area contributed by atoms with Gasteiger partial charge >= 0.3 is 5.97 Å². The topological polar surface area (TPSA) is 82.1 Å². The molecule has 146 valence electrons. The van der Waals surface area contributed by atoms with Crippen molar-refractivity contribution >= 4 is 50.9 Å². The summed E-state index contributed by atoms with van der Waals surface area (Å²) in [5.74, 6) is -0.0287. The van der Waals surface area contributed by atoms with E-state index in [0.717, 1.165) is 11.8 Å². The summed E-state index contributed by atoms with van der Waals surface area (Å²) < 4.78 is 16.2. The molecule has 27 heavy (non-hydrogen) atoms. The van der Waals surface area contributed by atoms with Gasteiger partial charge in [0.2, 0.25) is 0 Å². The predicted molar refractivity (Wildman–Crippen MR) is 106 cm³/mol. The van der Waals surface area contributed by atoms with Gasteiger partial charge in [-0.05, 0) is 48.9 Å². The first-order valence-electron chi connectivity index (χ1n) is 8.32. The van der Waals surface area contributed by atoms with Crippen LogP contribution in [0.15, 0.2) is 21.5 Å². The van der Waals surface area contributed by atoms with Crippen molar-refractivity contribution in [2.45, 2.75) is 20.3 Å². The van der Waals surface area contributed by atoms with E-state index in [4.69, 9.17) is 9.47 Å². The highest BCUT2D eigenvalue weighted by Gasteiger charge is 2.34. The number of ether oxygens (including phenoxy) is 3. The molecule has 7 nitrogen and oxygen atoms in total. The van der Waals surface area contributed by atoms with Gasteiger partial charge < -0.3 is 14.2 Å². The molecule has 0 atom stereocenters. The predicted octanol–water partition coefficient (Wildman–Crippen LogP) is 3.85. The SMILES string of the molecule is CCCN1C(=O)S/C(=C/c2cc(OCC)c(OCC(=O)OC)cc2Br)C1=O. The smallest absolute Gasteiger partial charge is 0.343 e. The fourth-order valence-electron chi connectivity index (χ4n) is 2.30. The number of thioether (sulfide) groups is 1. The molecular weight excluding hydrogens is 438 g/mol. The van der Waals surface area contributed by atoms with Gasteiger partial charge in [-0.25, -0.2) is 4.79 Å². The lowest BCUT2D eigenvalue weighted by molar-refractivity contribution is -0.142. The van der Waals surface area contributed by atoms with E-state index >= 15 is 0 Å². The molecule has 0 radical (unpaired) electrons. The van der Waals surface area contributed by atoms with E-state index < -0.39 is 5.97 Å². The number of esters is 1. The lowest BCUT2D eigenvalue weighted by Crippen LogP contribution is -2.28. The van der Waals surface area contributed by atoms with Crippen molar-refractivity contribution < 1.29 is 28.6 Å². The zero-order chi connectivity index (χ0) is 20.0. The van der Waals surface area contributed by atoms with Gasteiger partial charge in [-0.1, -0.05) is 22.9 Å². The van der Waals surface area contributed by atoms with Crippen molar-refractivity contribution in [3.8, 4) is 11.5 Å². The van der Waals surface area contributed by atoms with Gasteiger partial charge in [0.1, 0.15) is 0 Å². The standard InChI is InChI=1S/C18H20BrNO6S/c1-4-6-20-17(22)15(27-18(20)23)8-11-7-13(25-5-2)14(9-12(11)19)26-10-16(21)24-3/h7-9H,4-6,10H2,1-3H3/b15-8+. The van der Waals surface area contributed by atoms with E-state index in [0.29, 0.717) is 46.0 Å². The molecule has 2 rings (SSSR count). The molecule has 1 aliphatic rings. The number of nitrogens with zero attached hydrogens (tertiary/aromatic N) is 1. The molecule has 9 heteroatoms. The number of hydrogen-bond donors (Lipinski definition) is 0. The first-order valence-corrected chi connectivity index (χ1v) is 9.93. The summed E-state index contributed by atoms with van der Waals surface area (Å²) in [7, 11) is 1.28. The summed E-state index contributed by atoms with van der Waals surface area (Å²) in [6.07, 6.45) is 2.34. The van der Waals surface area contributed by atoms with Crippen molar-refractivity contribution in [2.24, 2.45) is 0 Å². The summed E-state index contributed by atoms with van der Waals surface area (Å²) in [5, 5.41) is -0.271. The zero-order valence-corrected chi connectivity index (χ0v) is 17.6. The maximum atomic E-state index is 12.4. The van der Waals surface area contributed by atoms with Gasteiger partial charge in [0.05, 0.1) is 18.6 Å². The highest BCUT2D eigenvalue weighted by atomic mass is 79.9. The van der Waals surface area contributed by atoms with E-state index in [2.05, 4.69) is 20.7 Å². The highest BCUT2D eigenvalue weighted by Crippen LogP contribution is 2.38. The number of imide groups is 1. The second-order valence-electron chi connectivity index (χ2n) is 5.45. The molecule has 0 aromatic heterocycles. The molecular formula is C18H20BrNO6S. The van der Waals surface area contributed by atoms with Gasteiger partial charge in [-0.2, -0.15) is 0 Å². The second kappa shape index (κ2) is 9.80. The summed E-state index contributed by atoms with van der Waals surface area (Å²) >= 11 is 4.34. The van der Waals surface area contributed by atoms with Crippen molar-refractivity contribution in [1.82, 2.24) is 4.90 Å². The summed E-state index contributed by atoms with van der Waals surface area (Å²) in [5.41, 5.74) is 0.658. The van der Waals surface area contributed by atoms with Crippen LogP contribution in [-0.2, 0) is 14.3 Å². The van der Waals surface area contributed by atoms with E-state index in [-0.39, 0.29) is 17.8 Å². The van der Waals surface area contributed by atoms with E-state index in [1.165, 1.54) is 12.0 Å². The molecule has 1 aromatic carbocycles. The number of benzene rings is 1. The Morgan fingerprint density at radius 2 is 1.93 bits per heavy atom. The van der Waals surface area contributed by atoms with Crippen LogP contribution in [0, 0.1) is 0 Å². The van der Waals surface area contributed by atoms with Gasteiger partial charge in [0.15, 0.2) is 18.1 Å². The van der Waals surface area contributed by atoms with Gasteiger partial charge in [0, 0.05) is 11.0 Å². The van der Waals surface area contributed by atoms with Crippen LogP contribution < -0.4 is 9.47 Å². The van der Waals surface area contributed by atoms with Crippen LogP contribution in [-0.4, -0.2) is 48.9 Å². The Bertz CT molecular complexity index is 779. The molecule has 0 unspecified atom stereocenters. The molecule has 1 saturated heterocycles. The molecule has 2 amide bonds. The number of hydrogen-bond acceptors (Lipinski definition) is 7. The largest absolute Gasteiger partial charge is 0.490 e. The Labute approximate surface area is 170 Å². The molecule has 1 fully saturated rings. The lowest BCUT2D eigenvalue weighted by Gasteiger charge is -2.13. The molecule has 0 spiro atoms. The van der Waals surface area contributed by atoms with Gasteiger partial charge in [0.25, 0.3) is 11.1 Å². The number of carbonyl (C=O) groups excluding carboxylic acids is 3. The summed E-state index contributed by atoms with van der Waals surface area (Å²) in [6.45, 7) is 4.27. The Morgan fingerprint density at radius 1 is 1.22 bits per heavy atom. The first kappa shape index (κ1) is 21.3. The van der Waals surface area contributed by atoms with Crippen molar-refractivity contribution in [3.63, 3.8) is 0 Å². The molecule has 0 bridgehead atoms. The highest BCUT2D eigenvalue weighted by molar-refractivity contribution is 9.10. The Balaban J connectivity index is 2.32. The van der Waals surface area contributed by atoms with Crippen LogP contribution in [0.25, 0.3) is 6.08 Å². The van der Waals surface area contributed by atoms with Crippen molar-refractivity contribution in [1.29, 1.82) is 0 Å². The summed E-state index contributed by atoms with van der Waals surface area (Å²) in [6, 6.07) is 3.34. The van der Waals surface area contributed by atoms with E-state index in [9.17, 15) is 14.4 Å². The normalized spacial score (nSPS) is 15.4. The van der Waals surface area contributed by atoms with Crippen LogP contribution in [0.1, 0.15) is 25.8 Å². The fourth-order valence-corrected chi connectivity index (χ4v) is 3.59. The third-order valence-electron chi connectivity index (χ3n) is 3.54. The summed E-state index contributed by atoms with van der Waals surface area (Å²) in [4.78, 5) is 37.3. The van der Waals surface area contributed by atoms with Crippen molar-refractivity contribution in [3.05, 3.63) is 27.1 Å². The minimum Gasteiger partial charge on any atom is -0.490 e. The number of amides is 2. The Morgan fingerprint density at radius 3 is 2.56 bits per heavy atom. The Kier molecular flexibility index (Phi) is 7.73. The van der Waals surface area contributed by atoms with Gasteiger partial charge in [-0.3, -0.25) is 14.5 Å². The quantitative estimate of drug-likeness (QED) is 0.432. The maximum Gasteiger partial charge on any atom is 0.343 e. The van der Waals surface area contributed by atoms with Crippen LogP contribution >= 0.6 is 27.7 Å². The molecule has 1 heterocycles. The Hall–Kier alpha value is -2.00. The lowest BCUT2D eigenvalue weighted by atomic mass is 10.1. The van der Waals surface area contributed by atoms with Crippen molar-refractivity contribution in [2.75, 3.05) is 26.9 Å². The fraction of sp³-hybridized carbons (Fsp3) is 0.389. The van der Waals surface area contributed by atoms with Crippen LogP contribution in [0.4, 0.5) is 4.79 Å². The number of halogens is 1. The third kappa shape index (κ3) is 5.26. The molecule has 0 N–H and O–H groups in total. The van der Waals surface area contributed by atoms with Crippen LogP contribution in [0.5, 0.6) is 11.5 Å². The van der Waals surface area contributed by atoms with E-state index in [1.54, 1.807) is 18.2 Å². The average molecular weight is 458 g/mol. The first-order chi connectivity index (χ1) is 12.9. The maximum absolute atomic E-state index is 12.4. The molecule has 0 saturated carbocycles. The number of methoxy groups -OCH3 is 1. The molecule has 0 aliphatic carbocycles. The zero-order valence-electron chi connectivity index (χ0n) is 15.2. The molecule has 1 aliphatic heterocycles. The van der Waals surface area contributed by atoms with Crippen LogP contribution in [0.2, 0.25) is 0 Å². The minimum absolute atomic E-state index is 0.252. The number of carbonyl (C=O) groups is 3. The number of rotatable bonds is 8. The van der Waals surface area contributed by atoms with Crippen LogP contribution in [0.3, 0.4) is 0 Å². The van der Waals surface area contributed by atoms with Gasteiger partial charge in [-0.15, -0.1) is 0 Å². The minimum atomic E-state index is -0.512.